The van der Waals surface area contributed by atoms with Crippen LogP contribution in [0.2, 0.25) is 0 Å². The predicted molar refractivity (Wildman–Crippen MR) is 128 cm³/mol. The number of methoxy groups -OCH3 is 2. The van der Waals surface area contributed by atoms with Crippen molar-refractivity contribution >= 4 is 60.7 Å². The number of aromatic nitrogens is 2. The fourth-order valence-electron chi connectivity index (χ4n) is 2.96. The predicted octanol–water partition coefficient (Wildman–Crippen LogP) is 4.11. The molecular weight excluding hydrogens is 482 g/mol. The number of amides is 2. The van der Waals surface area contributed by atoms with Crippen LogP contribution in [-0.4, -0.2) is 40.9 Å². The van der Waals surface area contributed by atoms with Gasteiger partial charge >= 0.3 is 0 Å². The maximum absolute atomic E-state index is 12.6. The number of hydrogen-bond acceptors (Lipinski definition) is 10. The standard InChI is InChI=1S/C21H17N5O6S2/c1-31-14-5-11(6-15(9-14)32-2)19(28)25-20-22-12(10-33-20)7-18(27)24-21-23-16-4-3-13(26(29)30)8-17(16)34-21/h3-6,8-10H,7H2,1-2H3,(H,22,25,28)(H,23,24,27). The molecule has 2 aromatic carbocycles. The Kier molecular flexibility index (Phi) is 6.65. The van der Waals surface area contributed by atoms with Crippen molar-refractivity contribution in [2.24, 2.45) is 0 Å². The molecule has 34 heavy (non-hydrogen) atoms. The van der Waals surface area contributed by atoms with Gasteiger partial charge in [0.25, 0.3) is 11.6 Å². The van der Waals surface area contributed by atoms with E-state index in [1.165, 1.54) is 43.8 Å². The van der Waals surface area contributed by atoms with Gasteiger partial charge < -0.3 is 14.8 Å². The molecule has 4 aromatic rings. The first-order chi connectivity index (χ1) is 16.3. The lowest BCUT2D eigenvalue weighted by atomic mass is 10.2. The van der Waals surface area contributed by atoms with E-state index in [9.17, 15) is 19.7 Å². The summed E-state index contributed by atoms with van der Waals surface area (Å²) in [4.78, 5) is 44.0. The van der Waals surface area contributed by atoms with Crippen molar-refractivity contribution in [2.75, 3.05) is 24.9 Å². The molecular formula is C21H17N5O6S2. The molecule has 0 bridgehead atoms. The Balaban J connectivity index is 1.39. The van der Waals surface area contributed by atoms with E-state index in [1.807, 2.05) is 0 Å². The van der Waals surface area contributed by atoms with E-state index < -0.39 is 10.8 Å². The van der Waals surface area contributed by atoms with Crippen LogP contribution in [0.4, 0.5) is 16.0 Å². The molecule has 0 atom stereocenters. The van der Waals surface area contributed by atoms with E-state index in [1.54, 1.807) is 23.6 Å². The van der Waals surface area contributed by atoms with Crippen LogP contribution < -0.4 is 20.1 Å². The third-order valence-corrected chi connectivity index (χ3v) is 6.30. The minimum atomic E-state index is -0.485. The van der Waals surface area contributed by atoms with E-state index in [0.29, 0.717) is 43.2 Å². The number of carbonyl (C=O) groups excluding carboxylic acids is 2. The van der Waals surface area contributed by atoms with Crippen molar-refractivity contribution in [3.8, 4) is 11.5 Å². The molecule has 2 aromatic heterocycles. The Bertz CT molecular complexity index is 1380. The monoisotopic (exact) mass is 499 g/mol. The van der Waals surface area contributed by atoms with Gasteiger partial charge in [-0.15, -0.1) is 11.3 Å². The van der Waals surface area contributed by atoms with Crippen molar-refractivity contribution in [3.63, 3.8) is 0 Å². The highest BCUT2D eigenvalue weighted by atomic mass is 32.1. The summed E-state index contributed by atoms with van der Waals surface area (Å²) in [5.74, 6) is 0.205. The fourth-order valence-corrected chi connectivity index (χ4v) is 4.58. The molecule has 2 N–H and O–H groups in total. The second-order valence-electron chi connectivity index (χ2n) is 6.85. The topological polar surface area (TPSA) is 146 Å². The van der Waals surface area contributed by atoms with Crippen molar-refractivity contribution in [1.29, 1.82) is 0 Å². The van der Waals surface area contributed by atoms with Gasteiger partial charge in [0.1, 0.15) is 11.5 Å². The van der Waals surface area contributed by atoms with Crippen LogP contribution in [0.25, 0.3) is 10.2 Å². The summed E-state index contributed by atoms with van der Waals surface area (Å²) in [5.41, 5.74) is 1.32. The maximum atomic E-state index is 12.6. The summed E-state index contributed by atoms with van der Waals surface area (Å²) in [6.07, 6.45) is -0.0323. The molecule has 0 aliphatic carbocycles. The molecule has 0 saturated heterocycles. The highest BCUT2D eigenvalue weighted by Gasteiger charge is 2.15. The number of nitro groups is 1. The second kappa shape index (κ2) is 9.80. The molecule has 174 valence electrons. The lowest BCUT2D eigenvalue weighted by Crippen LogP contribution is -2.15. The zero-order valence-electron chi connectivity index (χ0n) is 17.9. The largest absolute Gasteiger partial charge is 0.497 e. The first-order valence-electron chi connectivity index (χ1n) is 9.68. The zero-order valence-corrected chi connectivity index (χ0v) is 19.5. The first kappa shape index (κ1) is 23.1. The SMILES string of the molecule is COc1cc(OC)cc(C(=O)Nc2nc(CC(=O)Nc3nc4ccc([N+](=O)[O-])cc4s3)cs2)c1. The van der Waals surface area contributed by atoms with Gasteiger partial charge in [0.05, 0.1) is 41.5 Å². The third kappa shape index (κ3) is 5.27. The van der Waals surface area contributed by atoms with Crippen molar-refractivity contribution in [2.45, 2.75) is 6.42 Å². The van der Waals surface area contributed by atoms with E-state index in [2.05, 4.69) is 20.6 Å². The van der Waals surface area contributed by atoms with E-state index in [0.717, 1.165) is 11.3 Å². The molecule has 0 aliphatic rings. The van der Waals surface area contributed by atoms with Crippen LogP contribution in [0.1, 0.15) is 16.1 Å². The molecule has 4 rings (SSSR count). The number of ether oxygens (including phenoxy) is 2. The maximum Gasteiger partial charge on any atom is 0.270 e. The Morgan fingerprint density at radius 2 is 1.76 bits per heavy atom. The lowest BCUT2D eigenvalue weighted by molar-refractivity contribution is -0.384. The number of nitrogens with one attached hydrogen (secondary N) is 2. The number of fused-ring (bicyclic) bond motifs is 1. The number of rotatable bonds is 8. The number of nitrogens with zero attached hydrogens (tertiary/aromatic N) is 3. The minimum absolute atomic E-state index is 0.0323. The van der Waals surface area contributed by atoms with E-state index in [4.69, 9.17) is 9.47 Å². The molecule has 13 heteroatoms. The Morgan fingerprint density at radius 1 is 1.03 bits per heavy atom. The number of thiazole rings is 2. The smallest absolute Gasteiger partial charge is 0.270 e. The first-order valence-corrected chi connectivity index (χ1v) is 11.4. The highest BCUT2D eigenvalue weighted by Crippen LogP contribution is 2.29. The van der Waals surface area contributed by atoms with Crippen LogP contribution >= 0.6 is 22.7 Å². The number of non-ortho nitro benzene ring substituents is 1. The second-order valence-corrected chi connectivity index (χ2v) is 8.74. The highest BCUT2D eigenvalue weighted by molar-refractivity contribution is 7.22. The Hall–Kier alpha value is -4.10. The molecule has 0 saturated carbocycles. The molecule has 0 aliphatic heterocycles. The number of nitro benzene ring substituents is 1. The summed E-state index contributed by atoms with van der Waals surface area (Å²) in [6, 6.07) is 9.12. The van der Waals surface area contributed by atoms with Gasteiger partial charge in [0, 0.05) is 29.1 Å². The molecule has 0 spiro atoms. The molecule has 2 heterocycles. The molecule has 2 amide bonds. The average molecular weight is 500 g/mol. The van der Waals surface area contributed by atoms with E-state index >= 15 is 0 Å². The Morgan fingerprint density at radius 3 is 2.44 bits per heavy atom. The number of hydrogen-bond donors (Lipinski definition) is 2. The molecule has 0 radical (unpaired) electrons. The minimum Gasteiger partial charge on any atom is -0.497 e. The van der Waals surface area contributed by atoms with Crippen LogP contribution in [0.5, 0.6) is 11.5 Å². The number of benzene rings is 2. The fraction of sp³-hybridized carbons (Fsp3) is 0.143. The van der Waals surface area contributed by atoms with Crippen molar-refractivity contribution in [1.82, 2.24) is 9.97 Å². The zero-order chi connectivity index (χ0) is 24.2. The quantitative estimate of drug-likeness (QED) is 0.272. The summed E-state index contributed by atoms with van der Waals surface area (Å²) in [6.45, 7) is 0. The van der Waals surface area contributed by atoms with Gasteiger partial charge in [0.2, 0.25) is 5.91 Å². The summed E-state index contributed by atoms with van der Waals surface area (Å²) in [7, 11) is 2.99. The van der Waals surface area contributed by atoms with Crippen molar-refractivity contribution < 1.29 is 24.0 Å². The lowest BCUT2D eigenvalue weighted by Gasteiger charge is -2.08. The van der Waals surface area contributed by atoms with Gasteiger partial charge in [-0.25, -0.2) is 9.97 Å². The average Bonchev–Trinajstić information content (AvgIpc) is 3.43. The summed E-state index contributed by atoms with van der Waals surface area (Å²) in [5, 5.41) is 18.6. The summed E-state index contributed by atoms with van der Waals surface area (Å²) < 4.78 is 11.0. The Labute approximate surface area is 200 Å². The number of carbonyl (C=O) groups is 2. The molecule has 11 nitrogen and oxygen atoms in total. The van der Waals surface area contributed by atoms with Crippen LogP contribution in [0.3, 0.4) is 0 Å². The van der Waals surface area contributed by atoms with Crippen LogP contribution in [-0.2, 0) is 11.2 Å². The normalized spacial score (nSPS) is 10.6. The summed E-state index contributed by atoms with van der Waals surface area (Å²) >= 11 is 2.33. The number of anilines is 2. The van der Waals surface area contributed by atoms with Crippen LogP contribution in [0, 0.1) is 10.1 Å². The molecule has 0 unspecified atom stereocenters. The molecule has 0 fully saturated rings. The third-order valence-electron chi connectivity index (χ3n) is 4.56. The van der Waals surface area contributed by atoms with Gasteiger partial charge in [-0.1, -0.05) is 11.3 Å². The van der Waals surface area contributed by atoms with Gasteiger partial charge in [0.15, 0.2) is 10.3 Å². The van der Waals surface area contributed by atoms with Gasteiger partial charge in [-0.05, 0) is 18.2 Å². The van der Waals surface area contributed by atoms with Gasteiger partial charge in [-0.2, -0.15) is 0 Å². The van der Waals surface area contributed by atoms with Crippen molar-refractivity contribution in [3.05, 3.63) is 63.1 Å². The van der Waals surface area contributed by atoms with Crippen LogP contribution in [0.15, 0.2) is 41.8 Å². The van der Waals surface area contributed by atoms with Gasteiger partial charge in [-0.3, -0.25) is 25.0 Å². The van der Waals surface area contributed by atoms with E-state index in [-0.39, 0.29) is 18.0 Å².